The zero-order chi connectivity index (χ0) is 22.5. The van der Waals surface area contributed by atoms with E-state index in [9.17, 15) is 14.4 Å². The molecule has 1 saturated heterocycles. The fourth-order valence-electron chi connectivity index (χ4n) is 3.21. The van der Waals surface area contributed by atoms with E-state index in [0.29, 0.717) is 13.0 Å². The number of ether oxygens (including phenoxy) is 2. The van der Waals surface area contributed by atoms with Crippen LogP contribution in [0.4, 0.5) is 4.79 Å². The van der Waals surface area contributed by atoms with Crippen molar-refractivity contribution in [1.29, 1.82) is 0 Å². The number of benzene rings is 1. The summed E-state index contributed by atoms with van der Waals surface area (Å²) in [6.07, 6.45) is 1.75. The largest absolute Gasteiger partial charge is 0.422 e. The summed E-state index contributed by atoms with van der Waals surface area (Å²) >= 11 is 12.0. The minimum Gasteiger partial charge on any atom is -0.422 e. The summed E-state index contributed by atoms with van der Waals surface area (Å²) in [7, 11) is 2.11. The number of likely N-dealkylation sites (N-methyl/N-ethyl adjacent to an activating group) is 1. The lowest BCUT2D eigenvalue weighted by Crippen LogP contribution is -2.46. The van der Waals surface area contributed by atoms with Crippen molar-refractivity contribution in [2.24, 2.45) is 11.7 Å². The first kappa shape index (κ1) is 24.2. The number of nitrogens with zero attached hydrogens (tertiary/aromatic N) is 1. The van der Waals surface area contributed by atoms with E-state index in [1.54, 1.807) is 0 Å². The number of halogens is 2. The Kier molecular flexibility index (Phi) is 8.34. The predicted molar refractivity (Wildman–Crippen MR) is 113 cm³/mol. The van der Waals surface area contributed by atoms with Crippen LogP contribution < -0.4 is 11.1 Å². The van der Waals surface area contributed by atoms with Crippen molar-refractivity contribution in [1.82, 2.24) is 10.2 Å². The second-order valence-electron chi connectivity index (χ2n) is 7.74. The van der Waals surface area contributed by atoms with E-state index in [0.717, 1.165) is 29.6 Å². The molecule has 0 aliphatic carbocycles. The van der Waals surface area contributed by atoms with Gasteiger partial charge in [0.15, 0.2) is 5.92 Å². The average molecular weight is 460 g/mol. The zero-order valence-corrected chi connectivity index (χ0v) is 18.8. The molecule has 1 aromatic carbocycles. The Morgan fingerprint density at radius 1 is 1.27 bits per heavy atom. The summed E-state index contributed by atoms with van der Waals surface area (Å²) in [5, 5.41) is 3.91. The Labute approximate surface area is 186 Å². The molecule has 0 unspecified atom stereocenters. The number of cyclic esters (lactones) is 2. The minimum atomic E-state index is -1.20. The van der Waals surface area contributed by atoms with E-state index in [4.69, 9.17) is 38.4 Å². The molecule has 2 amide bonds. The number of hydrogen-bond donors (Lipinski definition) is 2. The maximum atomic E-state index is 11.5. The Morgan fingerprint density at radius 2 is 1.90 bits per heavy atom. The quantitative estimate of drug-likeness (QED) is 0.406. The van der Waals surface area contributed by atoms with E-state index in [-0.39, 0.29) is 6.42 Å². The highest BCUT2D eigenvalue weighted by atomic mass is 35.5. The molecule has 0 saturated carbocycles. The van der Waals surface area contributed by atoms with Gasteiger partial charge in [-0.2, -0.15) is 0 Å². The number of nitrogens with one attached hydrogen (secondary N) is 1. The van der Waals surface area contributed by atoms with Gasteiger partial charge in [-0.1, -0.05) is 23.2 Å². The van der Waals surface area contributed by atoms with Crippen molar-refractivity contribution in [3.8, 4) is 0 Å². The number of nitrogens with two attached hydrogens (primary N) is 1. The Morgan fingerprint density at radius 3 is 2.50 bits per heavy atom. The van der Waals surface area contributed by atoms with Crippen molar-refractivity contribution in [3.05, 3.63) is 33.3 Å². The number of hydrogen-bond acceptors (Lipinski definition) is 6. The number of esters is 2. The van der Waals surface area contributed by atoms with Crippen LogP contribution in [0, 0.1) is 5.92 Å². The Hall–Kier alpha value is -2.03. The summed E-state index contributed by atoms with van der Waals surface area (Å²) in [5.74, 6) is -3.30. The van der Waals surface area contributed by atoms with E-state index >= 15 is 0 Å². The third kappa shape index (κ3) is 7.04. The highest BCUT2D eigenvalue weighted by Gasteiger charge is 2.42. The summed E-state index contributed by atoms with van der Waals surface area (Å²) < 4.78 is 9.88. The third-order valence-corrected chi connectivity index (χ3v) is 5.23. The van der Waals surface area contributed by atoms with Gasteiger partial charge in [-0.25, -0.2) is 4.79 Å². The van der Waals surface area contributed by atoms with Crippen LogP contribution in [-0.2, 0) is 32.0 Å². The van der Waals surface area contributed by atoms with Crippen molar-refractivity contribution in [2.45, 2.75) is 45.4 Å². The number of carbonyl (C=O) groups excluding carboxylic acids is 3. The fraction of sp³-hybridized carbons (Fsp3) is 0.550. The van der Waals surface area contributed by atoms with Crippen LogP contribution in [-0.4, -0.2) is 48.8 Å². The fourth-order valence-corrected chi connectivity index (χ4v) is 3.81. The molecule has 2 aliphatic heterocycles. The molecule has 3 N–H and O–H groups in total. The number of urea groups is 1. The van der Waals surface area contributed by atoms with Crippen LogP contribution in [0.5, 0.6) is 0 Å². The Balaban J connectivity index is 0.000000220. The smallest absolute Gasteiger partial charge is 0.323 e. The lowest BCUT2D eigenvalue weighted by molar-refractivity contribution is -0.240. The van der Waals surface area contributed by atoms with Gasteiger partial charge in [0.1, 0.15) is 0 Å². The number of amides is 2. The van der Waals surface area contributed by atoms with Crippen molar-refractivity contribution < 1.29 is 23.9 Å². The normalized spacial score (nSPS) is 18.4. The highest BCUT2D eigenvalue weighted by Crippen LogP contribution is 2.29. The van der Waals surface area contributed by atoms with Gasteiger partial charge in [0.25, 0.3) is 5.79 Å². The molecule has 10 heteroatoms. The van der Waals surface area contributed by atoms with Crippen LogP contribution in [0.2, 0.25) is 10.0 Å². The molecule has 2 heterocycles. The Bertz CT molecular complexity index is 796. The third-order valence-electron chi connectivity index (χ3n) is 4.67. The molecule has 30 heavy (non-hydrogen) atoms. The SMILES string of the molecule is CC1(C)OC(=O)C(CCCNC(N)=O)C(=O)O1.CN1CCc2cc(Cl)cc(Cl)c2C1. The minimum absolute atomic E-state index is 0.258. The van der Waals surface area contributed by atoms with Gasteiger partial charge in [-0.15, -0.1) is 0 Å². The molecule has 1 fully saturated rings. The second-order valence-corrected chi connectivity index (χ2v) is 8.58. The van der Waals surface area contributed by atoms with Gasteiger partial charge in [0.05, 0.1) is 0 Å². The van der Waals surface area contributed by atoms with Gasteiger partial charge in [0, 0.05) is 43.5 Å². The maximum Gasteiger partial charge on any atom is 0.323 e. The van der Waals surface area contributed by atoms with E-state index in [2.05, 4.69) is 17.3 Å². The van der Waals surface area contributed by atoms with Crippen molar-refractivity contribution in [3.63, 3.8) is 0 Å². The van der Waals surface area contributed by atoms with Crippen LogP contribution in [0.15, 0.2) is 12.1 Å². The summed E-state index contributed by atoms with van der Waals surface area (Å²) in [6, 6.07) is 3.21. The first-order valence-corrected chi connectivity index (χ1v) is 10.4. The van der Waals surface area contributed by atoms with Crippen LogP contribution in [0.25, 0.3) is 0 Å². The summed E-state index contributed by atoms with van der Waals surface area (Å²) in [4.78, 5) is 35.7. The number of primary amides is 1. The van der Waals surface area contributed by atoms with Gasteiger partial charge >= 0.3 is 18.0 Å². The van der Waals surface area contributed by atoms with Gasteiger partial charge in [0.2, 0.25) is 0 Å². The van der Waals surface area contributed by atoms with Crippen molar-refractivity contribution >= 4 is 41.2 Å². The monoisotopic (exact) mass is 459 g/mol. The number of carbonyl (C=O) groups is 3. The van der Waals surface area contributed by atoms with Gasteiger partial charge in [-0.05, 0) is 49.6 Å². The molecule has 0 radical (unpaired) electrons. The topological polar surface area (TPSA) is 111 Å². The predicted octanol–water partition coefficient (Wildman–Crippen LogP) is 2.87. The molecule has 0 spiro atoms. The molecule has 8 nitrogen and oxygen atoms in total. The molecule has 3 rings (SSSR count). The van der Waals surface area contributed by atoms with Gasteiger partial charge < -0.3 is 25.4 Å². The molecule has 1 aromatic rings. The maximum absolute atomic E-state index is 11.5. The molecule has 0 bridgehead atoms. The average Bonchev–Trinajstić information content (AvgIpc) is 2.60. The summed E-state index contributed by atoms with van der Waals surface area (Å²) in [5.41, 5.74) is 7.41. The second kappa shape index (κ2) is 10.3. The highest BCUT2D eigenvalue weighted by molar-refractivity contribution is 6.35. The molecule has 166 valence electrons. The molecule has 0 aromatic heterocycles. The van der Waals surface area contributed by atoms with E-state index in [1.807, 2.05) is 12.1 Å². The summed E-state index contributed by atoms with van der Waals surface area (Å²) in [6.45, 7) is 5.31. The lowest BCUT2D eigenvalue weighted by atomic mass is 10.0. The van der Waals surface area contributed by atoms with Crippen LogP contribution >= 0.6 is 23.2 Å². The van der Waals surface area contributed by atoms with Crippen LogP contribution in [0.3, 0.4) is 0 Å². The standard InChI is InChI=1S/C10H11Cl2N.C10H16N2O5/c1-13-3-2-7-4-8(11)5-10(12)9(7)6-13;1-10(2)16-7(13)6(8(14)17-10)4-3-5-12-9(11)15/h4-5H,2-3,6H2,1H3;6H,3-5H2,1-2H3,(H3,11,12,15). The van der Waals surface area contributed by atoms with Gasteiger partial charge in [-0.3, -0.25) is 9.59 Å². The first-order chi connectivity index (χ1) is 14.0. The first-order valence-electron chi connectivity index (χ1n) is 9.63. The molecule has 2 aliphatic rings. The van der Waals surface area contributed by atoms with Crippen LogP contribution in [0.1, 0.15) is 37.8 Å². The molecular formula is C20H27Cl2N3O5. The van der Waals surface area contributed by atoms with E-state index < -0.39 is 29.7 Å². The zero-order valence-electron chi connectivity index (χ0n) is 17.3. The van der Waals surface area contributed by atoms with Crippen molar-refractivity contribution in [2.75, 3.05) is 20.1 Å². The number of rotatable bonds is 4. The van der Waals surface area contributed by atoms with E-state index in [1.165, 1.54) is 25.0 Å². The molecular weight excluding hydrogens is 433 g/mol. The lowest BCUT2D eigenvalue weighted by Gasteiger charge is -2.32. The molecule has 0 atom stereocenters. The number of fused-ring (bicyclic) bond motifs is 1.